The molecule has 1 N–H and O–H groups in total. The number of benzene rings is 2. The lowest BCUT2D eigenvalue weighted by Gasteiger charge is -2.16. The first-order chi connectivity index (χ1) is 13.7. The molecule has 0 bridgehead atoms. The van der Waals surface area contributed by atoms with Gasteiger partial charge in [0.05, 0.1) is 5.56 Å². The number of rotatable bonds is 6. The third kappa shape index (κ3) is 3.82. The summed E-state index contributed by atoms with van der Waals surface area (Å²) < 4.78 is 11.7. The Morgan fingerprint density at radius 3 is 2.54 bits per heavy atom. The molecule has 2 heterocycles. The zero-order valence-electron chi connectivity index (χ0n) is 15.0. The van der Waals surface area contributed by atoms with Gasteiger partial charge < -0.3 is 14.6 Å². The Morgan fingerprint density at radius 2 is 1.79 bits per heavy atom. The average molecular weight is 393 g/mol. The van der Waals surface area contributed by atoms with Crippen LogP contribution in [0.15, 0.2) is 77.4 Å². The molecule has 0 saturated heterocycles. The third-order valence-electron chi connectivity index (χ3n) is 4.12. The molecule has 4 aromatic rings. The molecular formula is C21H17ClN4O2. The van der Waals surface area contributed by atoms with Gasteiger partial charge in [0.2, 0.25) is 11.9 Å². The number of anilines is 1. The molecule has 1 atom stereocenters. The van der Waals surface area contributed by atoms with E-state index in [0.29, 0.717) is 28.3 Å². The van der Waals surface area contributed by atoms with E-state index in [2.05, 4.69) is 20.4 Å². The van der Waals surface area contributed by atoms with Gasteiger partial charge in [-0.2, -0.15) is 4.98 Å². The molecule has 28 heavy (non-hydrogen) atoms. The number of hydrogen-bond acceptors (Lipinski definition) is 6. The lowest BCUT2D eigenvalue weighted by Crippen LogP contribution is -2.10. The van der Waals surface area contributed by atoms with E-state index in [1.807, 2.05) is 42.5 Å². The molecule has 2 aromatic carbocycles. The molecule has 0 spiro atoms. The Labute approximate surface area is 167 Å². The van der Waals surface area contributed by atoms with E-state index in [1.165, 1.54) is 0 Å². The van der Waals surface area contributed by atoms with Crippen LogP contribution in [0.1, 0.15) is 17.6 Å². The van der Waals surface area contributed by atoms with Crippen LogP contribution in [0.3, 0.4) is 0 Å². The molecule has 0 amide bonds. The summed E-state index contributed by atoms with van der Waals surface area (Å²) in [5.74, 6) is 2.11. The van der Waals surface area contributed by atoms with Gasteiger partial charge in [-0.15, -0.1) is 0 Å². The standard InChI is InChI=1S/C21H17ClN4O2/c1-23-19-17(8-5-13-24-19)20-25-21(28-26-20)18(14-6-3-2-4-7-14)27-16-11-9-15(22)10-12-16/h2-13,18H,1H3,(H,23,24). The van der Waals surface area contributed by atoms with Crippen LogP contribution in [0.4, 0.5) is 5.82 Å². The largest absolute Gasteiger partial charge is 0.476 e. The Bertz CT molecular complexity index is 1050. The first-order valence-corrected chi connectivity index (χ1v) is 9.06. The summed E-state index contributed by atoms with van der Waals surface area (Å²) in [6, 6.07) is 20.6. The van der Waals surface area contributed by atoms with E-state index in [0.717, 1.165) is 11.1 Å². The maximum atomic E-state index is 6.16. The smallest absolute Gasteiger partial charge is 0.272 e. The summed E-state index contributed by atoms with van der Waals surface area (Å²) in [6.07, 6.45) is 1.14. The Morgan fingerprint density at radius 1 is 1.00 bits per heavy atom. The molecule has 4 rings (SSSR count). The van der Waals surface area contributed by atoms with Crippen LogP contribution < -0.4 is 10.1 Å². The SMILES string of the molecule is CNc1ncccc1-c1noc(C(Oc2ccc(Cl)cc2)c2ccccc2)n1. The van der Waals surface area contributed by atoms with Gasteiger partial charge in [0.25, 0.3) is 5.89 Å². The van der Waals surface area contributed by atoms with Crippen LogP contribution in [0.5, 0.6) is 5.75 Å². The van der Waals surface area contributed by atoms with Crippen molar-refractivity contribution in [2.45, 2.75) is 6.10 Å². The molecule has 6 nitrogen and oxygen atoms in total. The minimum Gasteiger partial charge on any atom is -0.476 e. The Hall–Kier alpha value is -3.38. The molecule has 1 unspecified atom stereocenters. The number of nitrogens with zero attached hydrogens (tertiary/aromatic N) is 3. The molecule has 2 aromatic heterocycles. The molecule has 7 heteroatoms. The van der Waals surface area contributed by atoms with Crippen molar-refractivity contribution in [1.29, 1.82) is 0 Å². The number of pyridine rings is 1. The fraction of sp³-hybridized carbons (Fsp3) is 0.0952. The monoisotopic (exact) mass is 392 g/mol. The van der Waals surface area contributed by atoms with E-state index < -0.39 is 6.10 Å². The fourth-order valence-corrected chi connectivity index (χ4v) is 2.90. The molecular weight excluding hydrogens is 376 g/mol. The number of halogens is 1. The molecule has 0 aliphatic rings. The summed E-state index contributed by atoms with van der Waals surface area (Å²) in [4.78, 5) is 8.86. The minimum absolute atomic E-state index is 0.349. The van der Waals surface area contributed by atoms with Crippen molar-refractivity contribution in [2.24, 2.45) is 0 Å². The van der Waals surface area contributed by atoms with Crippen molar-refractivity contribution in [2.75, 3.05) is 12.4 Å². The van der Waals surface area contributed by atoms with Crippen molar-refractivity contribution in [3.63, 3.8) is 0 Å². The number of nitrogens with one attached hydrogen (secondary N) is 1. The maximum absolute atomic E-state index is 6.16. The molecule has 0 saturated carbocycles. The van der Waals surface area contributed by atoms with Crippen molar-refractivity contribution < 1.29 is 9.26 Å². The van der Waals surface area contributed by atoms with Gasteiger partial charge in [-0.3, -0.25) is 0 Å². The summed E-state index contributed by atoms with van der Waals surface area (Å²) in [7, 11) is 1.79. The first-order valence-electron chi connectivity index (χ1n) is 8.68. The second-order valence-corrected chi connectivity index (χ2v) is 6.40. The molecule has 0 aliphatic carbocycles. The highest BCUT2D eigenvalue weighted by atomic mass is 35.5. The van der Waals surface area contributed by atoms with Crippen molar-refractivity contribution in [1.82, 2.24) is 15.1 Å². The van der Waals surface area contributed by atoms with E-state index in [9.17, 15) is 0 Å². The van der Waals surface area contributed by atoms with Crippen LogP contribution in [-0.2, 0) is 0 Å². The normalized spacial score (nSPS) is 11.8. The molecule has 140 valence electrons. The number of ether oxygens (including phenoxy) is 1. The predicted molar refractivity (Wildman–Crippen MR) is 107 cm³/mol. The maximum Gasteiger partial charge on any atom is 0.272 e. The summed E-state index contributed by atoms with van der Waals surface area (Å²) in [5, 5.41) is 7.80. The van der Waals surface area contributed by atoms with E-state index in [-0.39, 0.29) is 0 Å². The van der Waals surface area contributed by atoms with Crippen LogP contribution in [0, 0.1) is 0 Å². The molecule has 0 radical (unpaired) electrons. The Balaban J connectivity index is 1.71. The highest BCUT2D eigenvalue weighted by molar-refractivity contribution is 6.30. The summed E-state index contributed by atoms with van der Waals surface area (Å²) in [6.45, 7) is 0. The fourth-order valence-electron chi connectivity index (χ4n) is 2.77. The highest BCUT2D eigenvalue weighted by Crippen LogP contribution is 2.30. The number of hydrogen-bond donors (Lipinski definition) is 1. The second kappa shape index (κ2) is 8.10. The van der Waals surface area contributed by atoms with Crippen molar-refractivity contribution >= 4 is 17.4 Å². The molecule has 0 aliphatic heterocycles. The van der Waals surface area contributed by atoms with Gasteiger partial charge in [-0.1, -0.05) is 47.1 Å². The van der Waals surface area contributed by atoms with Gasteiger partial charge in [0.15, 0.2) is 0 Å². The van der Waals surface area contributed by atoms with Crippen LogP contribution in [0.25, 0.3) is 11.4 Å². The lowest BCUT2D eigenvalue weighted by molar-refractivity contribution is 0.193. The second-order valence-electron chi connectivity index (χ2n) is 5.97. The van der Waals surface area contributed by atoms with Crippen LogP contribution in [-0.4, -0.2) is 22.2 Å². The van der Waals surface area contributed by atoms with E-state index in [4.69, 9.17) is 20.9 Å². The topological polar surface area (TPSA) is 73.1 Å². The van der Waals surface area contributed by atoms with Crippen molar-refractivity contribution in [3.8, 4) is 17.1 Å². The van der Waals surface area contributed by atoms with E-state index >= 15 is 0 Å². The number of aromatic nitrogens is 3. The summed E-state index contributed by atoms with van der Waals surface area (Å²) in [5.41, 5.74) is 1.64. The van der Waals surface area contributed by atoms with Crippen LogP contribution in [0.2, 0.25) is 5.02 Å². The first kappa shape index (κ1) is 18.0. The van der Waals surface area contributed by atoms with Gasteiger partial charge in [-0.25, -0.2) is 4.98 Å². The van der Waals surface area contributed by atoms with Gasteiger partial charge in [-0.05, 0) is 36.4 Å². The summed E-state index contributed by atoms with van der Waals surface area (Å²) >= 11 is 5.97. The van der Waals surface area contributed by atoms with Crippen LogP contribution >= 0.6 is 11.6 Å². The van der Waals surface area contributed by atoms with E-state index in [1.54, 1.807) is 37.5 Å². The van der Waals surface area contributed by atoms with Gasteiger partial charge in [0, 0.05) is 23.8 Å². The highest BCUT2D eigenvalue weighted by Gasteiger charge is 2.24. The quantitative estimate of drug-likeness (QED) is 0.498. The zero-order chi connectivity index (χ0) is 19.3. The third-order valence-corrected chi connectivity index (χ3v) is 4.37. The van der Waals surface area contributed by atoms with Gasteiger partial charge >= 0.3 is 0 Å². The lowest BCUT2D eigenvalue weighted by atomic mass is 10.1. The molecule has 0 fully saturated rings. The van der Waals surface area contributed by atoms with Gasteiger partial charge in [0.1, 0.15) is 11.6 Å². The minimum atomic E-state index is -0.557. The average Bonchev–Trinajstić information content (AvgIpc) is 3.23. The predicted octanol–water partition coefficient (Wildman–Crippen LogP) is 5.00. The Kier molecular flexibility index (Phi) is 5.21. The zero-order valence-corrected chi connectivity index (χ0v) is 15.8. The van der Waals surface area contributed by atoms with Crippen molar-refractivity contribution in [3.05, 3.63) is 89.4 Å².